The van der Waals surface area contributed by atoms with Crippen molar-refractivity contribution in [1.82, 2.24) is 9.80 Å². The average Bonchev–Trinajstić information content (AvgIpc) is 2.83. The second kappa shape index (κ2) is 7.77. The predicted molar refractivity (Wildman–Crippen MR) is 99.2 cm³/mol. The van der Waals surface area contributed by atoms with Gasteiger partial charge in [-0.15, -0.1) is 0 Å². The van der Waals surface area contributed by atoms with Crippen molar-refractivity contribution in [3.05, 3.63) is 64.1 Å². The topological polar surface area (TPSA) is 86.8 Å². The van der Waals surface area contributed by atoms with Crippen LogP contribution in [0, 0.1) is 0 Å². The third-order valence-corrected chi connectivity index (χ3v) is 4.37. The molecule has 2 aromatic rings. The summed E-state index contributed by atoms with van der Waals surface area (Å²) in [5.74, 6) is -2.69. The van der Waals surface area contributed by atoms with Crippen LogP contribution in [0.3, 0.4) is 0 Å². The molecule has 138 valence electrons. The van der Waals surface area contributed by atoms with Crippen LogP contribution in [-0.2, 0) is 20.9 Å². The molecule has 2 aromatic carbocycles. The van der Waals surface area contributed by atoms with E-state index in [-0.39, 0.29) is 17.3 Å². The molecular weight excluding hydrogens is 393 g/mol. The number of nitrogens with zero attached hydrogens (tertiary/aromatic N) is 2. The number of carbonyl (C=O) groups is 4. The Labute approximate surface area is 164 Å². The Morgan fingerprint density at radius 3 is 2.26 bits per heavy atom. The number of benzene rings is 2. The van der Waals surface area contributed by atoms with Crippen molar-refractivity contribution in [2.75, 3.05) is 11.9 Å². The third-order valence-electron chi connectivity index (χ3n) is 3.83. The van der Waals surface area contributed by atoms with Crippen LogP contribution in [0.5, 0.6) is 0 Å². The molecule has 0 unspecified atom stereocenters. The molecule has 0 aliphatic carbocycles. The average molecular weight is 406 g/mol. The Balaban J connectivity index is 1.69. The summed E-state index contributed by atoms with van der Waals surface area (Å²) in [7, 11) is 0. The summed E-state index contributed by atoms with van der Waals surface area (Å²) >= 11 is 11.8. The molecule has 0 atom stereocenters. The molecule has 9 heteroatoms. The molecule has 1 aliphatic rings. The predicted octanol–water partition coefficient (Wildman–Crippen LogP) is 2.92. The van der Waals surface area contributed by atoms with Gasteiger partial charge >= 0.3 is 17.8 Å². The summed E-state index contributed by atoms with van der Waals surface area (Å²) < 4.78 is 0. The normalized spacial score (nSPS) is 14.1. The van der Waals surface area contributed by atoms with Crippen LogP contribution in [0.15, 0.2) is 48.5 Å². The zero-order chi connectivity index (χ0) is 19.6. The van der Waals surface area contributed by atoms with Gasteiger partial charge in [0.2, 0.25) is 5.91 Å². The number of urea groups is 1. The maximum Gasteiger partial charge on any atom is 0.335 e. The van der Waals surface area contributed by atoms with E-state index in [2.05, 4.69) is 5.32 Å². The van der Waals surface area contributed by atoms with Crippen LogP contribution in [0.25, 0.3) is 0 Å². The van der Waals surface area contributed by atoms with Gasteiger partial charge < -0.3 is 5.32 Å². The molecule has 0 radical (unpaired) electrons. The summed E-state index contributed by atoms with van der Waals surface area (Å²) in [4.78, 5) is 50.2. The molecule has 7 nitrogen and oxygen atoms in total. The van der Waals surface area contributed by atoms with Gasteiger partial charge in [-0.3, -0.25) is 19.3 Å². The van der Waals surface area contributed by atoms with Gasteiger partial charge in [0.25, 0.3) is 0 Å². The number of halogens is 2. The van der Waals surface area contributed by atoms with Crippen molar-refractivity contribution >= 4 is 52.6 Å². The molecule has 0 spiro atoms. The SMILES string of the molecule is O=C(CN1C(=O)C(=O)N(Cc2ccccc2)C1=O)Nc1ccc(Cl)cc1Cl. The van der Waals surface area contributed by atoms with E-state index < -0.39 is 30.3 Å². The van der Waals surface area contributed by atoms with Crippen LogP contribution < -0.4 is 5.32 Å². The van der Waals surface area contributed by atoms with E-state index in [1.54, 1.807) is 30.3 Å². The van der Waals surface area contributed by atoms with E-state index >= 15 is 0 Å². The number of nitrogens with one attached hydrogen (secondary N) is 1. The van der Waals surface area contributed by atoms with Gasteiger partial charge in [0.05, 0.1) is 17.3 Å². The van der Waals surface area contributed by atoms with E-state index in [1.807, 2.05) is 0 Å². The number of rotatable bonds is 5. The van der Waals surface area contributed by atoms with E-state index in [1.165, 1.54) is 18.2 Å². The molecule has 27 heavy (non-hydrogen) atoms. The van der Waals surface area contributed by atoms with E-state index in [0.29, 0.717) is 15.5 Å². The fourth-order valence-electron chi connectivity index (χ4n) is 2.52. The molecule has 1 N–H and O–H groups in total. The monoisotopic (exact) mass is 405 g/mol. The summed E-state index contributed by atoms with van der Waals surface area (Å²) in [6.07, 6.45) is 0. The highest BCUT2D eigenvalue weighted by Gasteiger charge is 2.45. The molecule has 0 aromatic heterocycles. The van der Waals surface area contributed by atoms with Crippen molar-refractivity contribution in [3.8, 4) is 0 Å². The molecule has 1 fully saturated rings. The van der Waals surface area contributed by atoms with Crippen LogP contribution in [0.2, 0.25) is 10.0 Å². The van der Waals surface area contributed by atoms with Crippen molar-refractivity contribution in [2.24, 2.45) is 0 Å². The first kappa shape index (κ1) is 18.9. The fraction of sp³-hybridized carbons (Fsp3) is 0.111. The minimum atomic E-state index is -1.05. The van der Waals surface area contributed by atoms with Crippen molar-refractivity contribution < 1.29 is 19.2 Å². The van der Waals surface area contributed by atoms with Crippen molar-refractivity contribution in [2.45, 2.75) is 6.54 Å². The standard InChI is InChI=1S/C18H13Cl2N3O4/c19-12-6-7-14(13(20)8-12)21-15(24)10-23-17(26)16(25)22(18(23)27)9-11-4-2-1-3-5-11/h1-8H,9-10H2,(H,21,24). The first-order chi connectivity index (χ1) is 12.9. The Kier molecular flexibility index (Phi) is 5.43. The molecule has 3 rings (SSSR count). The maximum atomic E-state index is 12.4. The van der Waals surface area contributed by atoms with Gasteiger partial charge in [-0.25, -0.2) is 9.69 Å². The lowest BCUT2D eigenvalue weighted by atomic mass is 10.2. The lowest BCUT2D eigenvalue weighted by Gasteiger charge is -2.15. The number of hydrogen-bond donors (Lipinski definition) is 1. The lowest BCUT2D eigenvalue weighted by Crippen LogP contribution is -2.38. The zero-order valence-corrected chi connectivity index (χ0v) is 15.3. The largest absolute Gasteiger partial charge is 0.335 e. The fourth-order valence-corrected chi connectivity index (χ4v) is 2.98. The maximum absolute atomic E-state index is 12.4. The number of imide groups is 2. The number of hydrogen-bond acceptors (Lipinski definition) is 4. The molecule has 5 amide bonds. The van der Waals surface area contributed by atoms with Crippen LogP contribution >= 0.6 is 23.2 Å². The minimum absolute atomic E-state index is 0.0502. The quantitative estimate of drug-likeness (QED) is 0.611. The van der Waals surface area contributed by atoms with Gasteiger partial charge in [-0.05, 0) is 23.8 Å². The van der Waals surface area contributed by atoms with Gasteiger partial charge in [0.1, 0.15) is 6.54 Å². The highest BCUT2D eigenvalue weighted by molar-refractivity contribution is 6.45. The highest BCUT2D eigenvalue weighted by atomic mass is 35.5. The number of anilines is 1. The summed E-state index contributed by atoms with van der Waals surface area (Å²) in [5.41, 5.74) is 0.962. The van der Waals surface area contributed by atoms with Gasteiger partial charge in [0.15, 0.2) is 0 Å². The lowest BCUT2D eigenvalue weighted by molar-refractivity contribution is -0.143. The molecule has 1 saturated heterocycles. The Morgan fingerprint density at radius 1 is 0.926 bits per heavy atom. The Bertz CT molecular complexity index is 933. The van der Waals surface area contributed by atoms with Gasteiger partial charge in [0, 0.05) is 5.02 Å². The molecule has 0 saturated carbocycles. The molecule has 0 bridgehead atoms. The number of amides is 5. The minimum Gasteiger partial charge on any atom is -0.323 e. The molecule has 1 aliphatic heterocycles. The second-order valence-electron chi connectivity index (χ2n) is 5.72. The zero-order valence-electron chi connectivity index (χ0n) is 13.8. The van der Waals surface area contributed by atoms with Gasteiger partial charge in [-0.1, -0.05) is 53.5 Å². The van der Waals surface area contributed by atoms with E-state index in [4.69, 9.17) is 23.2 Å². The van der Waals surface area contributed by atoms with Gasteiger partial charge in [-0.2, -0.15) is 0 Å². The smallest absolute Gasteiger partial charge is 0.323 e. The second-order valence-corrected chi connectivity index (χ2v) is 6.57. The number of carbonyl (C=O) groups excluding carboxylic acids is 4. The van der Waals surface area contributed by atoms with E-state index in [0.717, 1.165) is 4.90 Å². The highest BCUT2D eigenvalue weighted by Crippen LogP contribution is 2.25. The Hall–Kier alpha value is -2.90. The van der Waals surface area contributed by atoms with Crippen LogP contribution in [0.4, 0.5) is 10.5 Å². The first-order valence-corrected chi connectivity index (χ1v) is 8.58. The first-order valence-electron chi connectivity index (χ1n) is 7.83. The Morgan fingerprint density at radius 2 is 1.59 bits per heavy atom. The summed E-state index contributed by atoms with van der Waals surface area (Å²) in [5, 5.41) is 3.08. The summed E-state index contributed by atoms with van der Waals surface area (Å²) in [6.45, 7) is -0.654. The van der Waals surface area contributed by atoms with Crippen LogP contribution in [-0.4, -0.2) is 40.1 Å². The van der Waals surface area contributed by atoms with E-state index in [9.17, 15) is 19.2 Å². The van der Waals surface area contributed by atoms with Crippen molar-refractivity contribution in [3.63, 3.8) is 0 Å². The van der Waals surface area contributed by atoms with Crippen molar-refractivity contribution in [1.29, 1.82) is 0 Å². The molecule has 1 heterocycles. The van der Waals surface area contributed by atoms with Crippen LogP contribution in [0.1, 0.15) is 5.56 Å². The summed E-state index contributed by atoms with van der Waals surface area (Å²) in [6, 6.07) is 12.4. The molecular formula is C18H13Cl2N3O4. The third kappa shape index (κ3) is 4.10.